The average molecular weight is 1540 g/mol. The molecular weight excluding hydrogens is 1450 g/mol. The Balaban J connectivity index is 0.000000179. The second-order valence-corrected chi connectivity index (χ2v) is 23.4. The van der Waals surface area contributed by atoms with Crippen LogP contribution in [0.3, 0.4) is 0 Å². The SMILES string of the molecule is O=c1cc(O)ccn1Cc1ccccc1.O=c1cc(OCCCNC2CC2)ccn1Cc1ccccc1.O=c1cc(OCCCO)ccn1Cc1ccccc1.O=c1cc(OCCCOCc2ccccc2)ccn1Cc1ccccc1.[CH2-]CCOc1ccn(Cc2ccccc2)c(=O)c1.[Os]. The third-order valence-electron chi connectivity index (χ3n) is 15.2. The van der Waals surface area contributed by atoms with Crippen molar-refractivity contribution < 1.29 is 53.7 Å². The molecule has 1 saturated carbocycles. The maximum atomic E-state index is 12.2. The molecule has 5 heterocycles. The Labute approximate surface area is 603 Å². The van der Waals surface area contributed by atoms with Crippen LogP contribution in [0.15, 0.2) is 298 Å². The van der Waals surface area contributed by atoms with Gasteiger partial charge in [-0.2, -0.15) is 0 Å². The number of aliphatic hydroxyl groups excluding tert-OH is 1. The first kappa shape index (κ1) is 77.9. The average Bonchev–Trinajstić information content (AvgIpc) is 1.87. The Morgan fingerprint density at radius 1 is 0.366 bits per heavy atom. The van der Waals surface area contributed by atoms with E-state index in [0.29, 0.717) is 108 Å². The molecule has 0 bridgehead atoms. The number of aliphatic hydroxyl groups is 1. The van der Waals surface area contributed by atoms with Crippen LogP contribution in [-0.2, 0) is 63.9 Å². The molecule has 101 heavy (non-hydrogen) atoms. The summed E-state index contributed by atoms with van der Waals surface area (Å²) in [7, 11) is 0. The summed E-state index contributed by atoms with van der Waals surface area (Å²) in [6.07, 6.45) is 14.2. The van der Waals surface area contributed by atoms with E-state index in [4.69, 9.17) is 33.9 Å². The summed E-state index contributed by atoms with van der Waals surface area (Å²) in [5.41, 5.74) is 6.18. The van der Waals surface area contributed by atoms with Gasteiger partial charge in [0, 0.05) is 107 Å². The minimum atomic E-state index is -0.196. The van der Waals surface area contributed by atoms with E-state index in [1.54, 1.807) is 72.0 Å². The standard InChI is InChI=1S/C22H23NO3.C18H22N2O2.C15H17NO3.C15H16NO2.C12H11NO2.Os/c24-22-16-21(12-13-23(22)17-19-8-3-1-4-9-19)26-15-7-14-25-18-20-10-5-2-6-11-20;21-18-13-17(22-12-4-10-19-16-7-8-16)9-11-20(18)14-15-5-2-1-3-6-15;17-9-4-10-19-14-7-8-16(15(18)11-14)12-13-5-2-1-3-6-13;1-2-10-18-14-8-9-16(15(17)11-14)12-13-6-4-3-5-7-13;14-11-6-7-13(12(15)8-11)9-10-4-2-1-3-5-10;/h1-6,8-13,16H,7,14-15,17-18H2;1-3,5-6,9,11,13,16,19H,4,7-8,10,12,14H2;1-3,5-8,11,17H,4,9-10,12H2;3-9,11H,1-2,10,12H2;1-8,14H,9H2;/q;;;-1;;. The molecule has 0 spiro atoms. The molecule has 12 rings (SSSR count). The number of ether oxygens (including phenoxy) is 5. The molecule has 528 valence electrons. The molecule has 5 aromatic heterocycles. The predicted molar refractivity (Wildman–Crippen MR) is 393 cm³/mol. The molecule has 0 radical (unpaired) electrons. The maximum absolute atomic E-state index is 12.2. The van der Waals surface area contributed by atoms with E-state index >= 15 is 0 Å². The van der Waals surface area contributed by atoms with Crippen LogP contribution >= 0.6 is 0 Å². The van der Waals surface area contributed by atoms with E-state index in [0.717, 1.165) is 58.8 Å². The molecule has 0 amide bonds. The van der Waals surface area contributed by atoms with Gasteiger partial charge in [0.05, 0.1) is 72.4 Å². The Morgan fingerprint density at radius 3 is 0.970 bits per heavy atom. The van der Waals surface area contributed by atoms with Gasteiger partial charge in [-0.15, -0.1) is 6.42 Å². The van der Waals surface area contributed by atoms with E-state index in [2.05, 4.69) is 12.2 Å². The van der Waals surface area contributed by atoms with E-state index in [-0.39, 0.29) is 59.9 Å². The summed E-state index contributed by atoms with van der Waals surface area (Å²) in [6, 6.07) is 76.2. The number of hydrogen-bond acceptors (Lipinski definition) is 13. The maximum Gasteiger partial charge on any atom is 0.254 e. The Bertz CT molecular complexity index is 4420. The smallest absolute Gasteiger partial charge is 0.254 e. The second-order valence-electron chi connectivity index (χ2n) is 23.4. The Kier molecular flexibility index (Phi) is 34.4. The zero-order chi connectivity index (χ0) is 70.2. The van der Waals surface area contributed by atoms with Crippen LogP contribution in [0, 0.1) is 6.92 Å². The molecule has 1 aliphatic rings. The summed E-state index contributed by atoms with van der Waals surface area (Å²) in [4.78, 5) is 59.5. The minimum absolute atomic E-state index is 0. The Hall–Kier alpha value is -10.4. The molecular formula is C82H89N6O12Os-. The van der Waals surface area contributed by atoms with Crippen molar-refractivity contribution in [2.75, 3.05) is 46.2 Å². The summed E-state index contributed by atoms with van der Waals surface area (Å²) >= 11 is 0. The van der Waals surface area contributed by atoms with Crippen molar-refractivity contribution in [1.29, 1.82) is 0 Å². The molecule has 6 aromatic carbocycles. The molecule has 18 nitrogen and oxygen atoms in total. The third kappa shape index (κ3) is 29.9. The van der Waals surface area contributed by atoms with Crippen LogP contribution in [0.1, 0.15) is 71.9 Å². The molecule has 0 saturated heterocycles. The van der Waals surface area contributed by atoms with Gasteiger partial charge in [-0.3, -0.25) is 24.0 Å². The largest absolute Gasteiger partial charge is 0.508 e. The molecule has 0 aliphatic heterocycles. The van der Waals surface area contributed by atoms with Crippen molar-refractivity contribution in [3.63, 3.8) is 0 Å². The van der Waals surface area contributed by atoms with Crippen molar-refractivity contribution in [3.05, 3.63) is 366 Å². The van der Waals surface area contributed by atoms with Crippen LogP contribution in [0.25, 0.3) is 0 Å². The number of pyridine rings is 5. The van der Waals surface area contributed by atoms with Gasteiger partial charge >= 0.3 is 0 Å². The van der Waals surface area contributed by atoms with Gasteiger partial charge in [0.2, 0.25) is 0 Å². The van der Waals surface area contributed by atoms with Crippen molar-refractivity contribution >= 4 is 0 Å². The van der Waals surface area contributed by atoms with Gasteiger partial charge in [-0.25, -0.2) is 0 Å². The number of hydrogen-bond donors (Lipinski definition) is 3. The topological polar surface area (TPSA) is 209 Å². The monoisotopic (exact) mass is 1540 g/mol. The molecule has 0 atom stereocenters. The van der Waals surface area contributed by atoms with Crippen molar-refractivity contribution in [1.82, 2.24) is 28.2 Å². The summed E-state index contributed by atoms with van der Waals surface area (Å²) in [5, 5.41) is 21.2. The molecule has 11 aromatic rings. The van der Waals surface area contributed by atoms with Crippen LogP contribution in [0.4, 0.5) is 0 Å². The summed E-state index contributed by atoms with van der Waals surface area (Å²) < 4.78 is 35.8. The van der Waals surface area contributed by atoms with Crippen LogP contribution in [0.5, 0.6) is 28.7 Å². The molecule has 1 fully saturated rings. The minimum Gasteiger partial charge on any atom is -0.508 e. The quantitative estimate of drug-likeness (QED) is 0.0283. The third-order valence-corrected chi connectivity index (χ3v) is 15.2. The fourth-order valence-corrected chi connectivity index (χ4v) is 9.78. The number of nitrogens with one attached hydrogen (secondary N) is 1. The molecule has 19 heteroatoms. The fraction of sp³-hybridized carbons (Fsp3) is 0.244. The van der Waals surface area contributed by atoms with Gasteiger partial charge in [0.25, 0.3) is 27.8 Å². The van der Waals surface area contributed by atoms with E-state index in [9.17, 15) is 24.0 Å². The van der Waals surface area contributed by atoms with Gasteiger partial charge < -0.3 is 69.0 Å². The number of benzene rings is 6. The first-order valence-corrected chi connectivity index (χ1v) is 33.6. The van der Waals surface area contributed by atoms with Crippen molar-refractivity contribution in [2.24, 2.45) is 0 Å². The fourth-order valence-electron chi connectivity index (χ4n) is 9.78. The zero-order valence-corrected chi connectivity index (χ0v) is 59.3. The van der Waals surface area contributed by atoms with Gasteiger partial charge in [0.15, 0.2) is 0 Å². The predicted octanol–water partition coefficient (Wildman–Crippen LogP) is 12.1. The number of rotatable bonds is 30. The number of aromatic hydroxyl groups is 1. The van der Waals surface area contributed by atoms with E-state index in [1.165, 1.54) is 43.2 Å². The first-order valence-electron chi connectivity index (χ1n) is 33.6. The van der Waals surface area contributed by atoms with Crippen LogP contribution < -0.4 is 52.1 Å². The van der Waals surface area contributed by atoms with Crippen molar-refractivity contribution in [3.8, 4) is 28.7 Å². The van der Waals surface area contributed by atoms with E-state index in [1.807, 2.05) is 194 Å². The van der Waals surface area contributed by atoms with E-state index < -0.39 is 0 Å². The second kappa shape index (κ2) is 44.6. The normalized spacial score (nSPS) is 11.1. The summed E-state index contributed by atoms with van der Waals surface area (Å²) in [6.45, 7) is 10.9. The Morgan fingerprint density at radius 2 is 0.663 bits per heavy atom. The summed E-state index contributed by atoms with van der Waals surface area (Å²) in [5.74, 6) is 2.41. The number of aromatic nitrogens is 5. The van der Waals surface area contributed by atoms with Crippen LogP contribution in [-0.4, -0.2) is 85.3 Å². The molecule has 0 unspecified atom stereocenters. The van der Waals surface area contributed by atoms with Gasteiger partial charge in [-0.05, 0) is 89.5 Å². The molecule has 3 N–H and O–H groups in total. The number of nitrogens with zero attached hydrogens (tertiary/aromatic N) is 5. The first-order chi connectivity index (χ1) is 49.0. The van der Waals surface area contributed by atoms with Gasteiger partial charge in [0.1, 0.15) is 28.7 Å². The van der Waals surface area contributed by atoms with Crippen LogP contribution in [0.2, 0.25) is 0 Å². The molecule has 1 aliphatic carbocycles. The van der Waals surface area contributed by atoms with Gasteiger partial charge in [-0.1, -0.05) is 182 Å². The van der Waals surface area contributed by atoms with Crippen molar-refractivity contribution in [2.45, 2.75) is 83.9 Å². The zero-order valence-electron chi connectivity index (χ0n) is 56.8.